The number of aliphatic hydroxyl groups excluding tert-OH is 1. The van der Waals surface area contributed by atoms with Crippen LogP contribution in [0.4, 0.5) is 0 Å². The van der Waals surface area contributed by atoms with Crippen molar-refractivity contribution in [2.75, 3.05) is 6.54 Å². The minimum Gasteiger partial charge on any atom is -0.392 e. The molecule has 0 unspecified atom stereocenters. The number of hydrogen-bond donors (Lipinski definition) is 1. The summed E-state index contributed by atoms with van der Waals surface area (Å²) < 4.78 is 0. The second-order valence-corrected chi connectivity index (χ2v) is 6.10. The van der Waals surface area contributed by atoms with Crippen LogP contribution < -0.4 is 0 Å². The fourth-order valence-corrected chi connectivity index (χ4v) is 2.75. The number of aryl methyl sites for hydroxylation is 1. The number of allylic oxidation sites excluding steroid dienone is 1. The largest absolute Gasteiger partial charge is 0.392 e. The third-order valence-electron chi connectivity index (χ3n) is 4.08. The molecule has 0 fully saturated rings. The summed E-state index contributed by atoms with van der Waals surface area (Å²) in [5.74, 6) is 0. The second-order valence-electron chi connectivity index (χ2n) is 6.10. The van der Waals surface area contributed by atoms with Crippen LogP contribution in [0.25, 0.3) is 0 Å². The molecule has 2 nitrogen and oxygen atoms in total. The Kier molecular flexibility index (Phi) is 7.05. The van der Waals surface area contributed by atoms with Crippen LogP contribution in [-0.2, 0) is 13.1 Å². The lowest BCUT2D eigenvalue weighted by Crippen LogP contribution is -2.32. The monoisotopic (exact) mass is 309 g/mol. The number of aliphatic hydroxyl groups is 1. The van der Waals surface area contributed by atoms with Gasteiger partial charge in [0.25, 0.3) is 0 Å². The molecule has 0 amide bonds. The minimum atomic E-state index is -0.319. The Labute approximate surface area is 140 Å². The van der Waals surface area contributed by atoms with Crippen molar-refractivity contribution in [1.82, 2.24) is 4.90 Å². The summed E-state index contributed by atoms with van der Waals surface area (Å²) in [4.78, 5) is 2.32. The summed E-state index contributed by atoms with van der Waals surface area (Å²) in [6.07, 6.45) is 3.17. The average molecular weight is 309 g/mol. The molecular weight excluding hydrogens is 282 g/mol. The summed E-state index contributed by atoms with van der Waals surface area (Å²) in [6, 6.07) is 18.9. The SMILES string of the molecule is C=CCC[C@H](O)CN(Cc1ccccc1)Cc1ccccc1C. The quantitative estimate of drug-likeness (QED) is 0.697. The Balaban J connectivity index is 2.07. The molecule has 0 saturated carbocycles. The Morgan fingerprint density at radius 2 is 1.74 bits per heavy atom. The van der Waals surface area contributed by atoms with Gasteiger partial charge >= 0.3 is 0 Å². The summed E-state index contributed by atoms with van der Waals surface area (Å²) >= 11 is 0. The predicted octanol–water partition coefficient (Wildman–Crippen LogP) is 4.32. The highest BCUT2D eigenvalue weighted by Gasteiger charge is 2.13. The standard InChI is InChI=1S/C21H27NO/c1-3-4-14-21(23)17-22(15-19-11-6-5-7-12-19)16-20-13-9-8-10-18(20)2/h3,5-13,21,23H,1,4,14-17H2,2H3/t21-/m0/s1. The molecule has 0 saturated heterocycles. The molecule has 0 aromatic heterocycles. The number of hydrogen-bond acceptors (Lipinski definition) is 2. The average Bonchev–Trinajstić information content (AvgIpc) is 2.56. The first-order chi connectivity index (χ1) is 11.2. The van der Waals surface area contributed by atoms with Gasteiger partial charge in [-0.2, -0.15) is 0 Å². The minimum absolute atomic E-state index is 0.319. The van der Waals surface area contributed by atoms with Crippen LogP contribution in [0.15, 0.2) is 67.3 Å². The molecule has 0 aliphatic rings. The smallest absolute Gasteiger partial charge is 0.0670 e. The molecule has 0 radical (unpaired) electrons. The van der Waals surface area contributed by atoms with Crippen molar-refractivity contribution in [3.8, 4) is 0 Å². The van der Waals surface area contributed by atoms with Crippen molar-refractivity contribution in [1.29, 1.82) is 0 Å². The van der Waals surface area contributed by atoms with Crippen molar-refractivity contribution >= 4 is 0 Å². The maximum atomic E-state index is 10.3. The van der Waals surface area contributed by atoms with Crippen LogP contribution in [0, 0.1) is 6.92 Å². The zero-order valence-electron chi connectivity index (χ0n) is 14.0. The van der Waals surface area contributed by atoms with E-state index in [1.807, 2.05) is 12.1 Å². The van der Waals surface area contributed by atoms with Crippen LogP contribution in [0.3, 0.4) is 0 Å². The fraction of sp³-hybridized carbons (Fsp3) is 0.333. The lowest BCUT2D eigenvalue weighted by atomic mass is 10.1. The second kappa shape index (κ2) is 9.29. The van der Waals surface area contributed by atoms with Gasteiger partial charge in [-0.25, -0.2) is 0 Å². The van der Waals surface area contributed by atoms with Gasteiger partial charge in [0.1, 0.15) is 0 Å². The lowest BCUT2D eigenvalue weighted by Gasteiger charge is -2.26. The van der Waals surface area contributed by atoms with Crippen molar-refractivity contribution in [2.24, 2.45) is 0 Å². The molecule has 23 heavy (non-hydrogen) atoms. The van der Waals surface area contributed by atoms with E-state index in [1.165, 1.54) is 16.7 Å². The zero-order chi connectivity index (χ0) is 16.5. The van der Waals surface area contributed by atoms with E-state index in [0.29, 0.717) is 6.54 Å². The van der Waals surface area contributed by atoms with Gasteiger partial charge in [-0.05, 0) is 36.5 Å². The molecule has 2 aromatic carbocycles. The maximum absolute atomic E-state index is 10.3. The van der Waals surface area contributed by atoms with E-state index in [2.05, 4.69) is 66.9 Å². The van der Waals surface area contributed by atoms with Crippen LogP contribution >= 0.6 is 0 Å². The number of nitrogens with zero attached hydrogens (tertiary/aromatic N) is 1. The normalized spacial score (nSPS) is 12.3. The van der Waals surface area contributed by atoms with Crippen LogP contribution in [0.2, 0.25) is 0 Å². The van der Waals surface area contributed by atoms with Gasteiger partial charge in [0, 0.05) is 19.6 Å². The molecular formula is C21H27NO. The highest BCUT2D eigenvalue weighted by molar-refractivity contribution is 5.25. The maximum Gasteiger partial charge on any atom is 0.0670 e. The van der Waals surface area contributed by atoms with E-state index >= 15 is 0 Å². The van der Waals surface area contributed by atoms with E-state index in [0.717, 1.165) is 25.9 Å². The Morgan fingerprint density at radius 1 is 1.04 bits per heavy atom. The Bertz CT molecular complexity index is 594. The molecule has 0 bridgehead atoms. The van der Waals surface area contributed by atoms with Crippen LogP contribution in [0.1, 0.15) is 29.5 Å². The topological polar surface area (TPSA) is 23.5 Å². The van der Waals surface area contributed by atoms with Gasteiger partial charge in [-0.3, -0.25) is 4.90 Å². The fourth-order valence-electron chi connectivity index (χ4n) is 2.75. The first kappa shape index (κ1) is 17.5. The third kappa shape index (κ3) is 6.01. The Hall–Kier alpha value is -1.90. The van der Waals surface area contributed by atoms with Crippen molar-refractivity contribution in [3.05, 3.63) is 83.9 Å². The summed E-state index contributed by atoms with van der Waals surface area (Å²) in [6.45, 7) is 8.26. The molecule has 0 heterocycles. The van der Waals surface area contributed by atoms with Gasteiger partial charge < -0.3 is 5.11 Å². The molecule has 0 spiro atoms. The van der Waals surface area contributed by atoms with Crippen molar-refractivity contribution < 1.29 is 5.11 Å². The molecule has 1 atom stereocenters. The Morgan fingerprint density at radius 3 is 2.43 bits per heavy atom. The van der Waals surface area contributed by atoms with Crippen LogP contribution in [-0.4, -0.2) is 22.7 Å². The number of rotatable bonds is 9. The zero-order valence-corrected chi connectivity index (χ0v) is 14.0. The highest BCUT2D eigenvalue weighted by atomic mass is 16.3. The molecule has 1 N–H and O–H groups in total. The lowest BCUT2D eigenvalue weighted by molar-refractivity contribution is 0.0983. The summed E-state index contributed by atoms with van der Waals surface area (Å²) in [5.41, 5.74) is 3.89. The summed E-state index contributed by atoms with van der Waals surface area (Å²) in [5, 5.41) is 10.3. The number of benzene rings is 2. The first-order valence-corrected chi connectivity index (χ1v) is 8.29. The molecule has 2 aromatic rings. The van der Waals surface area contributed by atoms with E-state index in [4.69, 9.17) is 0 Å². The van der Waals surface area contributed by atoms with Crippen LogP contribution in [0.5, 0.6) is 0 Å². The van der Waals surface area contributed by atoms with Gasteiger partial charge in [0.15, 0.2) is 0 Å². The van der Waals surface area contributed by atoms with Crippen molar-refractivity contribution in [3.63, 3.8) is 0 Å². The molecule has 0 aliphatic carbocycles. The van der Waals surface area contributed by atoms with Gasteiger partial charge in [0.05, 0.1) is 6.10 Å². The van der Waals surface area contributed by atoms with E-state index in [1.54, 1.807) is 0 Å². The summed E-state index contributed by atoms with van der Waals surface area (Å²) in [7, 11) is 0. The van der Waals surface area contributed by atoms with E-state index in [9.17, 15) is 5.11 Å². The van der Waals surface area contributed by atoms with Gasteiger partial charge in [-0.15, -0.1) is 6.58 Å². The highest BCUT2D eigenvalue weighted by Crippen LogP contribution is 2.15. The molecule has 2 rings (SSSR count). The van der Waals surface area contributed by atoms with Crippen molar-refractivity contribution in [2.45, 2.75) is 39.0 Å². The van der Waals surface area contributed by atoms with E-state index < -0.39 is 0 Å². The predicted molar refractivity (Wildman–Crippen MR) is 97.2 cm³/mol. The third-order valence-corrected chi connectivity index (χ3v) is 4.08. The molecule has 122 valence electrons. The van der Waals surface area contributed by atoms with E-state index in [-0.39, 0.29) is 6.10 Å². The molecule has 0 aliphatic heterocycles. The van der Waals surface area contributed by atoms with Gasteiger partial charge in [0.2, 0.25) is 0 Å². The first-order valence-electron chi connectivity index (χ1n) is 8.29. The van der Waals surface area contributed by atoms with Gasteiger partial charge in [-0.1, -0.05) is 60.7 Å². The molecule has 2 heteroatoms.